The Labute approximate surface area is 199 Å². The number of hydrogen-bond acceptors (Lipinski definition) is 4. The van der Waals surface area contributed by atoms with Crippen molar-refractivity contribution in [1.82, 2.24) is 4.90 Å². The van der Waals surface area contributed by atoms with Gasteiger partial charge >= 0.3 is 5.97 Å². The Morgan fingerprint density at radius 3 is 2.64 bits per heavy atom. The second-order valence-corrected chi connectivity index (χ2v) is 8.65. The summed E-state index contributed by atoms with van der Waals surface area (Å²) < 4.78 is 5.84. The molecule has 2 atom stereocenters. The van der Waals surface area contributed by atoms with Crippen molar-refractivity contribution in [3.8, 4) is 11.5 Å². The number of aliphatic hydroxyl groups is 1. The van der Waals surface area contributed by atoms with E-state index in [1.807, 2.05) is 29.2 Å². The highest BCUT2D eigenvalue weighted by Crippen LogP contribution is 2.27. The van der Waals surface area contributed by atoms with Crippen LogP contribution in [0.25, 0.3) is 0 Å². The normalized spacial score (nSPS) is 17.0. The molecule has 2 N–H and O–H groups in total. The highest BCUT2D eigenvalue weighted by molar-refractivity contribution is 6.30. The molecule has 0 spiro atoms. The molecule has 1 fully saturated rings. The van der Waals surface area contributed by atoms with E-state index in [0.29, 0.717) is 41.5 Å². The van der Waals surface area contributed by atoms with Crippen LogP contribution in [-0.2, 0) is 9.59 Å². The predicted octanol–water partition coefficient (Wildman–Crippen LogP) is 5.75. The van der Waals surface area contributed by atoms with Crippen molar-refractivity contribution in [3.05, 3.63) is 71.3 Å². The van der Waals surface area contributed by atoms with Crippen LogP contribution < -0.4 is 4.74 Å². The van der Waals surface area contributed by atoms with Gasteiger partial charge in [-0.25, -0.2) is 0 Å². The number of aliphatic carboxylic acids is 1. The molecule has 6 nitrogen and oxygen atoms in total. The maximum absolute atomic E-state index is 12.3. The average Bonchev–Trinajstić information content (AvgIpc) is 3.15. The third-order valence-electron chi connectivity index (χ3n) is 5.68. The van der Waals surface area contributed by atoms with E-state index < -0.39 is 12.1 Å². The lowest BCUT2D eigenvalue weighted by Gasteiger charge is -2.22. The van der Waals surface area contributed by atoms with Gasteiger partial charge in [0.25, 0.3) is 0 Å². The second-order valence-electron chi connectivity index (χ2n) is 8.21. The zero-order chi connectivity index (χ0) is 23.6. The third-order valence-corrected chi connectivity index (χ3v) is 5.93. The van der Waals surface area contributed by atoms with Crippen molar-refractivity contribution in [2.75, 3.05) is 6.54 Å². The zero-order valence-electron chi connectivity index (χ0n) is 18.5. The Bertz CT molecular complexity index is 959. The van der Waals surface area contributed by atoms with E-state index in [2.05, 4.69) is 0 Å². The summed E-state index contributed by atoms with van der Waals surface area (Å²) in [5.41, 5.74) is 0.701. The summed E-state index contributed by atoms with van der Waals surface area (Å²) >= 11 is 5.91. The van der Waals surface area contributed by atoms with E-state index in [1.165, 1.54) is 0 Å². The van der Waals surface area contributed by atoms with Gasteiger partial charge in [0.2, 0.25) is 5.91 Å². The summed E-state index contributed by atoms with van der Waals surface area (Å²) in [5, 5.41) is 20.0. The fraction of sp³-hybridized carbons (Fsp3) is 0.385. The minimum atomic E-state index is -0.813. The summed E-state index contributed by atoms with van der Waals surface area (Å²) in [4.78, 5) is 24.7. The highest BCUT2D eigenvalue weighted by Gasteiger charge is 2.28. The Morgan fingerprint density at radius 1 is 1.12 bits per heavy atom. The van der Waals surface area contributed by atoms with Gasteiger partial charge in [0.1, 0.15) is 11.5 Å². The van der Waals surface area contributed by atoms with E-state index in [-0.39, 0.29) is 18.4 Å². The summed E-state index contributed by atoms with van der Waals surface area (Å²) in [5.74, 6) is 0.631. The van der Waals surface area contributed by atoms with Gasteiger partial charge in [0, 0.05) is 24.4 Å². The molecule has 1 amide bonds. The number of carbonyl (C=O) groups excluding carboxylic acids is 1. The molecule has 0 bridgehead atoms. The molecule has 1 unspecified atom stereocenters. The smallest absolute Gasteiger partial charge is 0.303 e. The molecule has 0 aliphatic carbocycles. The Hall–Kier alpha value is -2.83. The summed E-state index contributed by atoms with van der Waals surface area (Å²) in [6, 6.07) is 14.3. The van der Waals surface area contributed by atoms with Crippen LogP contribution in [0.2, 0.25) is 5.02 Å². The number of carboxylic acids is 1. The molecule has 7 heteroatoms. The van der Waals surface area contributed by atoms with Crippen LogP contribution in [0.1, 0.15) is 56.6 Å². The predicted molar refractivity (Wildman–Crippen MR) is 128 cm³/mol. The molecule has 3 rings (SSSR count). The minimum Gasteiger partial charge on any atom is -0.481 e. The first-order valence-electron chi connectivity index (χ1n) is 11.3. The maximum Gasteiger partial charge on any atom is 0.303 e. The number of amides is 1. The van der Waals surface area contributed by atoms with Crippen LogP contribution in [0.5, 0.6) is 11.5 Å². The van der Waals surface area contributed by atoms with Crippen molar-refractivity contribution in [1.29, 1.82) is 0 Å². The summed E-state index contributed by atoms with van der Waals surface area (Å²) in [7, 11) is 0. The molecule has 33 heavy (non-hydrogen) atoms. The number of unbranched alkanes of at least 4 members (excludes halogenated alkanes) is 3. The molecule has 0 radical (unpaired) electrons. The van der Waals surface area contributed by atoms with Crippen LogP contribution in [-0.4, -0.2) is 39.6 Å². The van der Waals surface area contributed by atoms with Gasteiger partial charge in [-0.3, -0.25) is 9.59 Å². The van der Waals surface area contributed by atoms with Crippen molar-refractivity contribution in [3.63, 3.8) is 0 Å². The highest BCUT2D eigenvalue weighted by atomic mass is 35.5. The first-order chi connectivity index (χ1) is 15.9. The van der Waals surface area contributed by atoms with Gasteiger partial charge in [0.15, 0.2) is 0 Å². The van der Waals surface area contributed by atoms with Crippen molar-refractivity contribution in [2.24, 2.45) is 0 Å². The molecule has 0 saturated carbocycles. The minimum absolute atomic E-state index is 0.0281. The van der Waals surface area contributed by atoms with Crippen LogP contribution in [0.3, 0.4) is 0 Å². The number of ether oxygens (including phenoxy) is 1. The molecule has 1 saturated heterocycles. The van der Waals surface area contributed by atoms with Crippen molar-refractivity contribution < 1.29 is 24.5 Å². The number of benzene rings is 2. The lowest BCUT2D eigenvalue weighted by Crippen LogP contribution is -2.32. The summed E-state index contributed by atoms with van der Waals surface area (Å²) in [6.45, 7) is 0.654. The number of nitrogens with zero attached hydrogens (tertiary/aromatic N) is 1. The first-order valence-corrected chi connectivity index (χ1v) is 11.7. The fourth-order valence-corrected chi connectivity index (χ4v) is 4.03. The second kappa shape index (κ2) is 12.4. The first kappa shape index (κ1) is 24.8. The lowest BCUT2D eigenvalue weighted by atomic mass is 10.1. The maximum atomic E-state index is 12.3. The van der Waals surface area contributed by atoms with E-state index >= 15 is 0 Å². The molecule has 0 aromatic heterocycles. The number of hydrogen-bond donors (Lipinski definition) is 2. The van der Waals surface area contributed by atoms with E-state index in [0.717, 1.165) is 25.7 Å². The number of aliphatic hydroxyl groups excluding tert-OH is 1. The van der Waals surface area contributed by atoms with Crippen molar-refractivity contribution >= 4 is 23.5 Å². The van der Waals surface area contributed by atoms with Gasteiger partial charge in [0.05, 0.1) is 12.1 Å². The molecular weight excluding hydrogens is 442 g/mol. The Morgan fingerprint density at radius 2 is 1.88 bits per heavy atom. The van der Waals surface area contributed by atoms with E-state index in [4.69, 9.17) is 21.4 Å². The number of carbonyl (C=O) groups is 2. The monoisotopic (exact) mass is 471 g/mol. The third kappa shape index (κ3) is 7.91. The zero-order valence-corrected chi connectivity index (χ0v) is 19.3. The number of carboxylic acid groups (broad SMARTS) is 1. The molecular formula is C26H30ClNO5. The fourth-order valence-electron chi connectivity index (χ4n) is 3.90. The Balaban J connectivity index is 1.53. The topological polar surface area (TPSA) is 87.1 Å². The lowest BCUT2D eigenvalue weighted by molar-refractivity contribution is -0.137. The van der Waals surface area contributed by atoms with Gasteiger partial charge in [-0.05, 0) is 61.2 Å². The van der Waals surface area contributed by atoms with Gasteiger partial charge in [-0.15, -0.1) is 0 Å². The standard InChI is InChI=1S/C26H30ClNO5/c27-20-9-13-22(14-10-20)33-23-7-5-6-19(18-23)24(29)15-11-21-12-16-25(30)28(21)17-4-2-1-3-8-26(31)32/h5-7,9-11,13-15,18,21,24,29H,1-4,8,12,16-17H2,(H,31,32)/b15-11+/t21?,24-/m1/s1. The average molecular weight is 472 g/mol. The molecule has 1 aliphatic heterocycles. The molecule has 2 aromatic rings. The van der Waals surface area contributed by atoms with Gasteiger partial charge < -0.3 is 19.8 Å². The van der Waals surface area contributed by atoms with Crippen molar-refractivity contribution in [2.45, 2.75) is 57.1 Å². The van der Waals surface area contributed by atoms with Crippen LogP contribution in [0.4, 0.5) is 0 Å². The largest absolute Gasteiger partial charge is 0.481 e. The molecule has 1 aliphatic rings. The summed E-state index contributed by atoms with van der Waals surface area (Å²) in [6.07, 6.45) is 7.53. The van der Waals surface area contributed by atoms with Crippen LogP contribution in [0.15, 0.2) is 60.7 Å². The SMILES string of the molecule is O=C(O)CCCCCCN1C(=O)CCC1/C=C/[C@@H](O)c1cccc(Oc2ccc(Cl)cc2)c1. The van der Waals surface area contributed by atoms with Crippen LogP contribution in [0, 0.1) is 0 Å². The quantitative estimate of drug-likeness (QED) is 0.304. The van der Waals surface area contributed by atoms with Gasteiger partial charge in [-0.2, -0.15) is 0 Å². The molecule has 1 heterocycles. The molecule has 2 aromatic carbocycles. The molecule has 176 valence electrons. The number of likely N-dealkylation sites (tertiary alicyclic amines) is 1. The Kier molecular flexibility index (Phi) is 9.34. The van der Waals surface area contributed by atoms with Gasteiger partial charge in [-0.1, -0.05) is 48.7 Å². The van der Waals surface area contributed by atoms with E-state index in [9.17, 15) is 14.7 Å². The van der Waals surface area contributed by atoms with E-state index in [1.54, 1.807) is 36.4 Å². The van der Waals surface area contributed by atoms with Crippen LogP contribution >= 0.6 is 11.6 Å². The number of halogens is 1. The number of rotatable bonds is 12.